The van der Waals surface area contributed by atoms with Gasteiger partial charge in [-0.3, -0.25) is 9.52 Å². The molecule has 1 heterocycles. The van der Waals surface area contributed by atoms with E-state index in [1.165, 1.54) is 18.2 Å². The lowest BCUT2D eigenvalue weighted by Crippen LogP contribution is -2.13. The maximum atomic E-state index is 12.8. The number of halogens is 1. The Labute approximate surface area is 119 Å². The van der Waals surface area contributed by atoms with Crippen molar-refractivity contribution < 1.29 is 17.6 Å². The smallest absolute Gasteiger partial charge is 0.263 e. The second kappa shape index (κ2) is 5.22. The zero-order chi connectivity index (χ0) is 14.9. The number of aryl methyl sites for hydroxylation is 1. The maximum Gasteiger partial charge on any atom is 0.263 e. The van der Waals surface area contributed by atoms with Gasteiger partial charge in [0.05, 0.1) is 4.88 Å². The van der Waals surface area contributed by atoms with E-state index in [2.05, 4.69) is 4.72 Å². The Balaban J connectivity index is 2.35. The number of hydrogen-bond donors (Lipinski definition) is 2. The summed E-state index contributed by atoms with van der Waals surface area (Å²) in [5.41, 5.74) is 5.36. The number of nitrogens with two attached hydrogens (primary N) is 1. The largest absolute Gasteiger partial charge is 0.365 e. The summed E-state index contributed by atoms with van der Waals surface area (Å²) < 4.78 is 39.5. The van der Waals surface area contributed by atoms with Gasteiger partial charge in [-0.15, -0.1) is 11.3 Å². The number of carbonyl (C=O) groups is 1. The molecule has 0 fully saturated rings. The number of amides is 1. The van der Waals surface area contributed by atoms with Crippen LogP contribution in [0.15, 0.2) is 35.2 Å². The van der Waals surface area contributed by atoms with Crippen molar-refractivity contribution in [1.82, 2.24) is 0 Å². The first kappa shape index (κ1) is 14.5. The molecule has 20 heavy (non-hydrogen) atoms. The Kier molecular flexibility index (Phi) is 3.78. The highest BCUT2D eigenvalue weighted by atomic mass is 32.2. The first-order chi connectivity index (χ1) is 9.29. The molecule has 0 radical (unpaired) electrons. The van der Waals surface area contributed by atoms with Crippen molar-refractivity contribution in [1.29, 1.82) is 0 Å². The van der Waals surface area contributed by atoms with Gasteiger partial charge in [-0.1, -0.05) is 0 Å². The van der Waals surface area contributed by atoms with Crippen molar-refractivity contribution in [2.75, 3.05) is 4.72 Å². The predicted molar refractivity (Wildman–Crippen MR) is 74.8 cm³/mol. The zero-order valence-corrected chi connectivity index (χ0v) is 12.0. The molecule has 1 aromatic carbocycles. The Morgan fingerprint density at radius 3 is 2.40 bits per heavy atom. The summed E-state index contributed by atoms with van der Waals surface area (Å²) in [7, 11) is -3.84. The third-order valence-corrected chi connectivity index (χ3v) is 5.20. The molecule has 2 aromatic rings. The number of sulfonamides is 1. The fourth-order valence-corrected chi connectivity index (χ4v) is 4.08. The maximum absolute atomic E-state index is 12.8. The summed E-state index contributed by atoms with van der Waals surface area (Å²) in [5, 5.41) is 0. The number of primary amides is 1. The molecular weight excluding hydrogens is 303 g/mol. The van der Waals surface area contributed by atoms with Gasteiger partial charge in [0.2, 0.25) is 0 Å². The van der Waals surface area contributed by atoms with Crippen LogP contribution in [0.5, 0.6) is 0 Å². The van der Waals surface area contributed by atoms with Crippen molar-refractivity contribution >= 4 is 33.0 Å². The summed E-state index contributed by atoms with van der Waals surface area (Å²) in [5.74, 6) is -1.14. The van der Waals surface area contributed by atoms with Crippen LogP contribution in [0.3, 0.4) is 0 Å². The summed E-state index contributed by atoms with van der Waals surface area (Å²) in [4.78, 5) is 11.7. The average molecular weight is 314 g/mol. The van der Waals surface area contributed by atoms with Crippen molar-refractivity contribution in [2.24, 2.45) is 5.73 Å². The highest BCUT2D eigenvalue weighted by Gasteiger charge is 2.21. The average Bonchev–Trinajstić information content (AvgIpc) is 2.75. The molecule has 0 atom stereocenters. The van der Waals surface area contributed by atoms with Crippen LogP contribution in [0.1, 0.15) is 14.5 Å². The van der Waals surface area contributed by atoms with Crippen LogP contribution in [-0.2, 0) is 10.0 Å². The number of rotatable bonds is 4. The highest BCUT2D eigenvalue weighted by molar-refractivity contribution is 7.93. The van der Waals surface area contributed by atoms with Crippen molar-refractivity contribution in [3.05, 3.63) is 45.9 Å². The van der Waals surface area contributed by atoms with Crippen LogP contribution < -0.4 is 10.5 Å². The third-order valence-electron chi connectivity index (χ3n) is 2.50. The van der Waals surface area contributed by atoms with Crippen LogP contribution in [0.2, 0.25) is 0 Å². The summed E-state index contributed by atoms with van der Waals surface area (Å²) >= 11 is 1.01. The monoisotopic (exact) mass is 314 g/mol. The van der Waals surface area contributed by atoms with Crippen LogP contribution in [0, 0.1) is 12.7 Å². The number of anilines is 1. The molecule has 0 unspecified atom stereocenters. The van der Waals surface area contributed by atoms with Gasteiger partial charge in [-0.2, -0.15) is 0 Å². The molecule has 0 aliphatic heterocycles. The van der Waals surface area contributed by atoms with Gasteiger partial charge >= 0.3 is 0 Å². The minimum atomic E-state index is -3.84. The fraction of sp³-hybridized carbons (Fsp3) is 0.0833. The summed E-state index contributed by atoms with van der Waals surface area (Å²) in [6, 6.07) is 6.14. The molecule has 0 bridgehead atoms. The van der Waals surface area contributed by atoms with E-state index in [4.69, 9.17) is 5.73 Å². The lowest BCUT2D eigenvalue weighted by molar-refractivity contribution is 0.100. The Morgan fingerprint density at radius 1 is 1.30 bits per heavy atom. The van der Waals surface area contributed by atoms with E-state index in [1.807, 2.05) is 0 Å². The van der Waals surface area contributed by atoms with E-state index in [0.29, 0.717) is 4.88 Å². The Bertz CT molecular complexity index is 752. The van der Waals surface area contributed by atoms with Crippen LogP contribution in [0.25, 0.3) is 0 Å². The van der Waals surface area contributed by atoms with E-state index >= 15 is 0 Å². The van der Waals surface area contributed by atoms with Crippen molar-refractivity contribution in [3.63, 3.8) is 0 Å². The van der Waals surface area contributed by atoms with Crippen molar-refractivity contribution in [3.8, 4) is 0 Å². The van der Waals surface area contributed by atoms with Gasteiger partial charge < -0.3 is 5.73 Å². The molecular formula is C12H11FN2O3S2. The summed E-state index contributed by atoms with van der Waals surface area (Å²) in [6.45, 7) is 1.58. The molecule has 3 N–H and O–H groups in total. The summed E-state index contributed by atoms with van der Waals surface area (Å²) in [6.07, 6.45) is 0. The number of carbonyl (C=O) groups excluding carboxylic acids is 1. The molecule has 1 aromatic heterocycles. The van der Waals surface area contributed by atoms with E-state index in [-0.39, 0.29) is 15.5 Å². The van der Waals surface area contributed by atoms with E-state index in [9.17, 15) is 17.6 Å². The van der Waals surface area contributed by atoms with Crippen molar-refractivity contribution in [2.45, 2.75) is 11.8 Å². The normalized spacial score (nSPS) is 11.3. The van der Waals surface area contributed by atoms with Crippen LogP contribution in [-0.4, -0.2) is 14.3 Å². The standard InChI is InChI=1S/C12H11FN2O3S2/c1-7-11(6-10(19-7)12(14)16)20(17,18)15-9-4-2-8(13)3-5-9/h2-6,15H,1H3,(H2,14,16). The second-order valence-corrected chi connectivity index (χ2v) is 6.91. The number of hydrogen-bond acceptors (Lipinski definition) is 4. The molecule has 0 saturated heterocycles. The van der Waals surface area contributed by atoms with Crippen LogP contribution >= 0.6 is 11.3 Å². The molecule has 0 aliphatic rings. The second-order valence-electron chi connectivity index (χ2n) is 4.01. The first-order valence-electron chi connectivity index (χ1n) is 5.48. The molecule has 0 spiro atoms. The number of benzene rings is 1. The van der Waals surface area contributed by atoms with Gasteiger partial charge in [0, 0.05) is 10.6 Å². The lowest BCUT2D eigenvalue weighted by atomic mass is 10.3. The van der Waals surface area contributed by atoms with E-state index in [1.54, 1.807) is 6.92 Å². The topological polar surface area (TPSA) is 89.3 Å². The van der Waals surface area contributed by atoms with E-state index < -0.39 is 21.7 Å². The van der Waals surface area contributed by atoms with Gasteiger partial charge in [0.1, 0.15) is 10.7 Å². The molecule has 0 saturated carbocycles. The van der Waals surface area contributed by atoms with Gasteiger partial charge in [0.25, 0.3) is 15.9 Å². The van der Waals surface area contributed by atoms with Crippen LogP contribution in [0.4, 0.5) is 10.1 Å². The predicted octanol–water partition coefficient (Wildman–Crippen LogP) is 2.10. The molecule has 106 valence electrons. The zero-order valence-electron chi connectivity index (χ0n) is 10.4. The van der Waals surface area contributed by atoms with Gasteiger partial charge in [-0.25, -0.2) is 12.8 Å². The lowest BCUT2D eigenvalue weighted by Gasteiger charge is -2.07. The van der Waals surface area contributed by atoms with E-state index in [0.717, 1.165) is 23.5 Å². The molecule has 5 nitrogen and oxygen atoms in total. The molecule has 1 amide bonds. The molecule has 8 heteroatoms. The van der Waals surface area contributed by atoms with Gasteiger partial charge in [0.15, 0.2) is 0 Å². The first-order valence-corrected chi connectivity index (χ1v) is 7.78. The Hall–Kier alpha value is -1.93. The third kappa shape index (κ3) is 2.97. The highest BCUT2D eigenvalue weighted by Crippen LogP contribution is 2.27. The SMILES string of the molecule is Cc1sc(C(N)=O)cc1S(=O)(=O)Nc1ccc(F)cc1. The quantitative estimate of drug-likeness (QED) is 0.905. The molecule has 0 aliphatic carbocycles. The number of thiophene rings is 1. The fourth-order valence-electron chi connectivity index (χ4n) is 1.58. The minimum absolute atomic E-state index is 0.0133. The minimum Gasteiger partial charge on any atom is -0.365 e. The number of nitrogens with one attached hydrogen (secondary N) is 1. The molecule has 2 rings (SSSR count). The van der Waals surface area contributed by atoms with Gasteiger partial charge in [-0.05, 0) is 37.3 Å². The Morgan fingerprint density at radius 2 is 1.90 bits per heavy atom.